The van der Waals surface area contributed by atoms with Crippen LogP contribution in [0.1, 0.15) is 20.8 Å². The van der Waals surface area contributed by atoms with Gasteiger partial charge in [-0.25, -0.2) is 14.8 Å². The average Bonchev–Trinajstić information content (AvgIpc) is 2.77. The minimum absolute atomic E-state index is 0.401. The molecule has 3 rings (SSSR count). The number of nitrogens with one attached hydrogen (secondary N) is 2. The number of amides is 1. The van der Waals surface area contributed by atoms with Gasteiger partial charge >= 0.3 is 6.09 Å². The molecule has 1 amide bonds. The third-order valence-electron chi connectivity index (χ3n) is 4.40. The second-order valence-electron chi connectivity index (χ2n) is 8.01. The molecule has 0 unspecified atom stereocenters. The van der Waals surface area contributed by atoms with E-state index in [0.29, 0.717) is 40.3 Å². The number of rotatable bonds is 7. The van der Waals surface area contributed by atoms with Crippen molar-refractivity contribution < 1.29 is 23.7 Å². The minimum atomic E-state index is -0.563. The highest BCUT2D eigenvalue weighted by Gasteiger charge is 2.16. The molecule has 2 N–H and O–H groups in total. The van der Waals surface area contributed by atoms with Gasteiger partial charge < -0.3 is 24.3 Å². The van der Waals surface area contributed by atoms with Crippen molar-refractivity contribution in [2.24, 2.45) is 0 Å². The Hall–Kier alpha value is -4.01. The number of nitrogens with zero attached hydrogens (tertiary/aromatic N) is 2. The van der Waals surface area contributed by atoms with Gasteiger partial charge in [0.25, 0.3) is 0 Å². The zero-order valence-electron chi connectivity index (χ0n) is 19.6. The fourth-order valence-corrected chi connectivity index (χ4v) is 3.01. The van der Waals surface area contributed by atoms with Crippen LogP contribution < -0.4 is 24.8 Å². The van der Waals surface area contributed by atoms with Crippen LogP contribution in [0.2, 0.25) is 0 Å². The van der Waals surface area contributed by atoms with Gasteiger partial charge in [-0.05, 0) is 39.0 Å². The maximum atomic E-state index is 11.9. The van der Waals surface area contributed by atoms with Crippen molar-refractivity contribution in [3.05, 3.63) is 48.7 Å². The van der Waals surface area contributed by atoms with E-state index < -0.39 is 11.7 Å². The highest BCUT2D eigenvalue weighted by atomic mass is 16.6. The van der Waals surface area contributed by atoms with Crippen LogP contribution in [0.5, 0.6) is 17.2 Å². The quantitative estimate of drug-likeness (QED) is 0.500. The van der Waals surface area contributed by atoms with E-state index in [9.17, 15) is 4.79 Å². The Morgan fingerprint density at radius 2 is 1.52 bits per heavy atom. The topological polar surface area (TPSA) is 104 Å². The van der Waals surface area contributed by atoms with Crippen molar-refractivity contribution in [3.63, 3.8) is 0 Å². The molecule has 0 saturated carbocycles. The number of carbonyl (C=O) groups is 1. The maximum Gasteiger partial charge on any atom is 0.412 e. The Kier molecular flexibility index (Phi) is 7.22. The lowest BCUT2D eigenvalue weighted by Gasteiger charge is -2.19. The van der Waals surface area contributed by atoms with Crippen LogP contribution in [0.3, 0.4) is 0 Å². The SMILES string of the molecule is COc1cc(Nc2nccc(-c3ccc(NC(=O)OC(C)(C)C)cc3)n2)cc(OC)c1OC. The first-order valence-electron chi connectivity index (χ1n) is 10.2. The van der Waals surface area contributed by atoms with Gasteiger partial charge in [-0.3, -0.25) is 5.32 Å². The number of benzene rings is 2. The van der Waals surface area contributed by atoms with Gasteiger partial charge in [0, 0.05) is 35.3 Å². The van der Waals surface area contributed by atoms with Crippen molar-refractivity contribution in [2.75, 3.05) is 32.0 Å². The summed E-state index contributed by atoms with van der Waals surface area (Å²) in [6.07, 6.45) is 1.16. The van der Waals surface area contributed by atoms with Crippen LogP contribution in [-0.2, 0) is 4.74 Å². The summed E-state index contributed by atoms with van der Waals surface area (Å²) in [4.78, 5) is 20.8. The van der Waals surface area contributed by atoms with Crippen LogP contribution in [0, 0.1) is 0 Å². The Balaban J connectivity index is 1.77. The second kappa shape index (κ2) is 10.1. The number of aromatic nitrogens is 2. The van der Waals surface area contributed by atoms with Gasteiger partial charge in [0.15, 0.2) is 11.5 Å². The lowest BCUT2D eigenvalue weighted by molar-refractivity contribution is 0.0636. The first-order chi connectivity index (χ1) is 15.7. The van der Waals surface area contributed by atoms with Crippen molar-refractivity contribution in [1.82, 2.24) is 9.97 Å². The predicted molar refractivity (Wildman–Crippen MR) is 127 cm³/mol. The molecule has 0 bridgehead atoms. The third kappa shape index (κ3) is 6.25. The molecule has 0 aliphatic heterocycles. The van der Waals surface area contributed by atoms with Gasteiger partial charge in [-0.2, -0.15) is 0 Å². The molecular weight excluding hydrogens is 424 g/mol. The zero-order chi connectivity index (χ0) is 24.0. The fourth-order valence-electron chi connectivity index (χ4n) is 3.01. The maximum absolute atomic E-state index is 11.9. The second-order valence-corrected chi connectivity index (χ2v) is 8.01. The molecule has 0 aliphatic rings. The van der Waals surface area contributed by atoms with E-state index in [1.54, 1.807) is 57.9 Å². The van der Waals surface area contributed by atoms with Crippen LogP contribution >= 0.6 is 0 Å². The molecule has 174 valence electrons. The van der Waals surface area contributed by atoms with Crippen LogP contribution in [0.25, 0.3) is 11.3 Å². The molecule has 9 heteroatoms. The summed E-state index contributed by atoms with van der Waals surface area (Å²) in [7, 11) is 4.66. The van der Waals surface area contributed by atoms with Gasteiger partial charge in [0.05, 0.1) is 27.0 Å². The molecule has 0 saturated heterocycles. The minimum Gasteiger partial charge on any atom is -0.493 e. The van der Waals surface area contributed by atoms with Crippen molar-refractivity contribution >= 4 is 23.4 Å². The summed E-state index contributed by atoms with van der Waals surface area (Å²) in [6, 6.07) is 12.6. The molecule has 0 spiro atoms. The number of methoxy groups -OCH3 is 3. The Morgan fingerprint density at radius 3 is 2.06 bits per heavy atom. The van der Waals surface area contributed by atoms with Crippen LogP contribution in [0.4, 0.5) is 22.1 Å². The van der Waals surface area contributed by atoms with E-state index in [0.717, 1.165) is 5.56 Å². The van der Waals surface area contributed by atoms with Crippen molar-refractivity contribution in [2.45, 2.75) is 26.4 Å². The van der Waals surface area contributed by atoms with E-state index in [4.69, 9.17) is 18.9 Å². The molecule has 0 aliphatic carbocycles. The van der Waals surface area contributed by atoms with Crippen molar-refractivity contribution in [1.29, 1.82) is 0 Å². The third-order valence-corrected chi connectivity index (χ3v) is 4.40. The zero-order valence-corrected chi connectivity index (χ0v) is 19.6. The molecular formula is C24H28N4O5. The predicted octanol–water partition coefficient (Wildman–Crippen LogP) is 5.26. The Labute approximate surface area is 193 Å². The van der Waals surface area contributed by atoms with Gasteiger partial charge in [-0.15, -0.1) is 0 Å². The molecule has 1 heterocycles. The number of hydrogen-bond donors (Lipinski definition) is 2. The number of hydrogen-bond acceptors (Lipinski definition) is 8. The average molecular weight is 453 g/mol. The molecule has 0 radical (unpaired) electrons. The van der Waals surface area contributed by atoms with Crippen molar-refractivity contribution in [3.8, 4) is 28.5 Å². The van der Waals surface area contributed by atoms with Gasteiger partial charge in [0.2, 0.25) is 11.7 Å². The highest BCUT2D eigenvalue weighted by Crippen LogP contribution is 2.40. The smallest absolute Gasteiger partial charge is 0.412 e. The largest absolute Gasteiger partial charge is 0.493 e. The van der Waals surface area contributed by atoms with E-state index in [1.165, 1.54) is 0 Å². The number of anilines is 3. The lowest BCUT2D eigenvalue weighted by Crippen LogP contribution is -2.27. The van der Waals surface area contributed by atoms with Crippen LogP contribution in [-0.4, -0.2) is 43.0 Å². The van der Waals surface area contributed by atoms with E-state index in [2.05, 4.69) is 20.6 Å². The molecule has 0 fully saturated rings. The standard InChI is InChI=1S/C24H28N4O5/c1-24(2,3)33-23(29)27-16-9-7-15(8-10-16)18-11-12-25-22(28-18)26-17-13-19(30-4)21(32-6)20(14-17)31-5/h7-14H,1-6H3,(H,27,29)(H,25,26,28). The molecule has 0 atom stereocenters. The molecule has 9 nitrogen and oxygen atoms in total. The molecule has 3 aromatic rings. The molecule has 2 aromatic carbocycles. The van der Waals surface area contributed by atoms with Gasteiger partial charge in [-0.1, -0.05) is 12.1 Å². The van der Waals surface area contributed by atoms with E-state index in [-0.39, 0.29) is 0 Å². The monoisotopic (exact) mass is 452 g/mol. The first-order valence-corrected chi connectivity index (χ1v) is 10.2. The lowest BCUT2D eigenvalue weighted by atomic mass is 10.1. The summed E-state index contributed by atoms with van der Waals surface area (Å²) in [5, 5.41) is 5.87. The Morgan fingerprint density at radius 1 is 0.879 bits per heavy atom. The summed E-state index contributed by atoms with van der Waals surface area (Å²) >= 11 is 0. The fraction of sp³-hybridized carbons (Fsp3) is 0.292. The molecule has 33 heavy (non-hydrogen) atoms. The number of carbonyl (C=O) groups excluding carboxylic acids is 1. The Bertz CT molecular complexity index is 1090. The summed E-state index contributed by atoms with van der Waals surface area (Å²) in [6.45, 7) is 5.44. The summed E-state index contributed by atoms with van der Waals surface area (Å²) < 4.78 is 21.4. The van der Waals surface area contributed by atoms with Crippen LogP contribution in [0.15, 0.2) is 48.7 Å². The van der Waals surface area contributed by atoms with E-state index in [1.807, 2.05) is 32.9 Å². The van der Waals surface area contributed by atoms with Gasteiger partial charge in [0.1, 0.15) is 5.60 Å². The number of ether oxygens (including phenoxy) is 4. The summed E-state index contributed by atoms with van der Waals surface area (Å²) in [5.41, 5.74) is 2.31. The van der Waals surface area contributed by atoms with E-state index >= 15 is 0 Å². The normalized spacial score (nSPS) is 10.8. The molecule has 1 aromatic heterocycles. The first kappa shape index (κ1) is 23.6. The summed E-state index contributed by atoms with van der Waals surface area (Å²) in [5.74, 6) is 1.94. The highest BCUT2D eigenvalue weighted by molar-refractivity contribution is 5.85.